The Hall–Kier alpha value is -0.830. The topological polar surface area (TPSA) is 20.3 Å². The third-order valence-electron chi connectivity index (χ3n) is 2.56. The van der Waals surface area contributed by atoms with Crippen LogP contribution < -0.4 is 0 Å². The van der Waals surface area contributed by atoms with E-state index in [4.69, 9.17) is 0 Å². The van der Waals surface area contributed by atoms with Gasteiger partial charge >= 0.3 is 0 Å². The van der Waals surface area contributed by atoms with Crippen molar-refractivity contribution in [2.24, 2.45) is 0 Å². The van der Waals surface area contributed by atoms with Gasteiger partial charge in [0, 0.05) is 25.3 Å². The van der Waals surface area contributed by atoms with Crippen molar-refractivity contribution < 1.29 is 4.79 Å². The van der Waals surface area contributed by atoms with Crippen LogP contribution in [0.15, 0.2) is 24.3 Å². The molecule has 0 aliphatic carbocycles. The number of nitrogens with zero attached hydrogens (tertiary/aromatic N) is 1. The Labute approximate surface area is 106 Å². The van der Waals surface area contributed by atoms with Crippen LogP contribution in [0, 0.1) is 6.92 Å². The summed E-state index contributed by atoms with van der Waals surface area (Å²) in [5.41, 5.74) is 2.49. The van der Waals surface area contributed by atoms with Gasteiger partial charge in [-0.3, -0.25) is 4.79 Å². The van der Waals surface area contributed by atoms with Gasteiger partial charge in [-0.05, 0) is 18.9 Å². The van der Waals surface area contributed by atoms with Gasteiger partial charge in [0.2, 0.25) is 5.91 Å². The maximum atomic E-state index is 11.7. The molecule has 0 aliphatic heterocycles. The van der Waals surface area contributed by atoms with Gasteiger partial charge in [0.05, 0.1) is 0 Å². The van der Waals surface area contributed by atoms with Crippen molar-refractivity contribution in [2.75, 3.05) is 18.9 Å². The van der Waals surface area contributed by atoms with E-state index in [1.54, 1.807) is 4.90 Å². The molecular formula is C13H18BrNO. The van der Waals surface area contributed by atoms with Crippen molar-refractivity contribution in [3.05, 3.63) is 35.4 Å². The summed E-state index contributed by atoms with van der Waals surface area (Å²) in [4.78, 5) is 13.5. The number of halogens is 1. The Morgan fingerprint density at radius 3 is 2.81 bits per heavy atom. The maximum Gasteiger partial charge on any atom is 0.222 e. The highest BCUT2D eigenvalue weighted by Gasteiger charge is 2.07. The van der Waals surface area contributed by atoms with Gasteiger partial charge in [0.25, 0.3) is 0 Å². The van der Waals surface area contributed by atoms with Crippen molar-refractivity contribution in [1.29, 1.82) is 0 Å². The SMILES string of the molecule is Cc1cccc(CCC(=O)N(C)CCBr)c1. The molecule has 0 bridgehead atoms. The Morgan fingerprint density at radius 1 is 1.44 bits per heavy atom. The van der Waals surface area contributed by atoms with E-state index in [9.17, 15) is 4.79 Å². The molecule has 1 aromatic rings. The lowest BCUT2D eigenvalue weighted by Crippen LogP contribution is -2.28. The Morgan fingerprint density at radius 2 is 2.19 bits per heavy atom. The van der Waals surface area contributed by atoms with E-state index >= 15 is 0 Å². The normalized spacial score (nSPS) is 10.2. The average molecular weight is 284 g/mol. The van der Waals surface area contributed by atoms with Gasteiger partial charge < -0.3 is 4.90 Å². The lowest BCUT2D eigenvalue weighted by Gasteiger charge is -2.15. The van der Waals surface area contributed by atoms with Gasteiger partial charge in [-0.25, -0.2) is 0 Å². The maximum absolute atomic E-state index is 11.7. The predicted molar refractivity (Wildman–Crippen MR) is 70.9 cm³/mol. The van der Waals surface area contributed by atoms with Crippen LogP contribution in [-0.4, -0.2) is 29.7 Å². The number of benzene rings is 1. The third-order valence-corrected chi connectivity index (χ3v) is 2.91. The number of hydrogen-bond donors (Lipinski definition) is 0. The summed E-state index contributed by atoms with van der Waals surface area (Å²) < 4.78 is 0. The smallest absolute Gasteiger partial charge is 0.222 e. The molecule has 0 heterocycles. The minimum absolute atomic E-state index is 0.209. The van der Waals surface area contributed by atoms with Crippen molar-refractivity contribution in [3.63, 3.8) is 0 Å². The van der Waals surface area contributed by atoms with Gasteiger partial charge in [-0.1, -0.05) is 45.8 Å². The van der Waals surface area contributed by atoms with E-state index in [1.807, 2.05) is 13.1 Å². The van der Waals surface area contributed by atoms with Crippen LogP contribution >= 0.6 is 15.9 Å². The van der Waals surface area contributed by atoms with Gasteiger partial charge in [-0.15, -0.1) is 0 Å². The van der Waals surface area contributed by atoms with E-state index in [0.717, 1.165) is 18.3 Å². The standard InChI is InChI=1S/C13H18BrNO/c1-11-4-3-5-12(10-11)6-7-13(16)15(2)9-8-14/h3-5,10H,6-9H2,1-2H3. The number of aryl methyl sites for hydroxylation is 2. The number of carbonyl (C=O) groups is 1. The molecule has 0 unspecified atom stereocenters. The van der Waals surface area contributed by atoms with E-state index in [-0.39, 0.29) is 5.91 Å². The van der Waals surface area contributed by atoms with Crippen LogP contribution in [0.4, 0.5) is 0 Å². The zero-order valence-electron chi connectivity index (χ0n) is 9.87. The first kappa shape index (κ1) is 13.2. The molecule has 88 valence electrons. The zero-order valence-corrected chi connectivity index (χ0v) is 11.5. The Balaban J connectivity index is 2.42. The van der Waals surface area contributed by atoms with Crippen LogP contribution in [0.3, 0.4) is 0 Å². The molecule has 0 saturated heterocycles. The fraction of sp³-hybridized carbons (Fsp3) is 0.462. The lowest BCUT2D eigenvalue weighted by atomic mass is 10.1. The second-order valence-corrected chi connectivity index (χ2v) is 4.79. The van der Waals surface area contributed by atoms with E-state index < -0.39 is 0 Å². The molecule has 2 nitrogen and oxygen atoms in total. The molecule has 0 spiro atoms. The van der Waals surface area contributed by atoms with Gasteiger partial charge in [0.15, 0.2) is 0 Å². The minimum atomic E-state index is 0.209. The second-order valence-electron chi connectivity index (χ2n) is 3.99. The first-order valence-corrected chi connectivity index (χ1v) is 6.61. The highest BCUT2D eigenvalue weighted by atomic mass is 79.9. The highest BCUT2D eigenvalue weighted by molar-refractivity contribution is 9.09. The quantitative estimate of drug-likeness (QED) is 0.761. The summed E-state index contributed by atoms with van der Waals surface area (Å²) in [5, 5.41) is 0.833. The molecule has 0 atom stereocenters. The molecule has 3 heteroatoms. The van der Waals surface area contributed by atoms with Crippen molar-refractivity contribution in [1.82, 2.24) is 4.90 Å². The fourth-order valence-electron chi connectivity index (χ4n) is 1.56. The third kappa shape index (κ3) is 4.35. The van der Waals surface area contributed by atoms with Crippen LogP contribution in [0.5, 0.6) is 0 Å². The summed E-state index contributed by atoms with van der Waals surface area (Å²) in [6, 6.07) is 8.32. The van der Waals surface area contributed by atoms with Gasteiger partial charge in [0.1, 0.15) is 0 Å². The first-order chi connectivity index (χ1) is 7.63. The minimum Gasteiger partial charge on any atom is -0.345 e. The molecule has 0 saturated carbocycles. The number of carbonyl (C=O) groups excluding carboxylic acids is 1. The van der Waals surface area contributed by atoms with Crippen LogP contribution in [0.25, 0.3) is 0 Å². The number of alkyl halides is 1. The summed E-state index contributed by atoms with van der Waals surface area (Å²) >= 11 is 3.33. The van der Waals surface area contributed by atoms with Crippen molar-refractivity contribution in [2.45, 2.75) is 19.8 Å². The predicted octanol–water partition coefficient (Wildman–Crippen LogP) is 2.78. The fourth-order valence-corrected chi connectivity index (χ4v) is 2.09. The zero-order chi connectivity index (χ0) is 12.0. The summed E-state index contributed by atoms with van der Waals surface area (Å²) in [7, 11) is 1.85. The molecule has 0 aromatic heterocycles. The molecule has 1 amide bonds. The van der Waals surface area contributed by atoms with Crippen molar-refractivity contribution in [3.8, 4) is 0 Å². The molecular weight excluding hydrogens is 266 g/mol. The molecule has 0 aliphatic rings. The van der Waals surface area contributed by atoms with E-state index in [1.165, 1.54) is 11.1 Å². The van der Waals surface area contributed by atoms with Crippen LogP contribution in [0.1, 0.15) is 17.5 Å². The molecule has 1 aromatic carbocycles. The van der Waals surface area contributed by atoms with Crippen LogP contribution in [-0.2, 0) is 11.2 Å². The Bertz CT molecular complexity index is 352. The first-order valence-electron chi connectivity index (χ1n) is 5.49. The molecule has 0 N–H and O–H groups in total. The highest BCUT2D eigenvalue weighted by Crippen LogP contribution is 2.07. The summed E-state index contributed by atoms with van der Waals surface area (Å²) in [5.74, 6) is 0.209. The van der Waals surface area contributed by atoms with E-state index in [2.05, 4.69) is 41.1 Å². The number of amides is 1. The Kier molecular flexibility index (Phi) is 5.53. The van der Waals surface area contributed by atoms with Crippen molar-refractivity contribution >= 4 is 21.8 Å². The summed E-state index contributed by atoms with van der Waals surface area (Å²) in [6.45, 7) is 2.84. The summed E-state index contributed by atoms with van der Waals surface area (Å²) in [6.07, 6.45) is 1.42. The monoisotopic (exact) mass is 283 g/mol. The molecule has 1 rings (SSSR count). The molecule has 16 heavy (non-hydrogen) atoms. The molecule has 0 fully saturated rings. The largest absolute Gasteiger partial charge is 0.345 e. The number of rotatable bonds is 5. The lowest BCUT2D eigenvalue weighted by molar-refractivity contribution is -0.129. The van der Waals surface area contributed by atoms with Gasteiger partial charge in [-0.2, -0.15) is 0 Å². The molecule has 0 radical (unpaired) electrons. The second kappa shape index (κ2) is 6.69. The van der Waals surface area contributed by atoms with E-state index in [0.29, 0.717) is 6.42 Å². The average Bonchev–Trinajstić information content (AvgIpc) is 2.26. The van der Waals surface area contributed by atoms with Crippen LogP contribution in [0.2, 0.25) is 0 Å². The number of hydrogen-bond acceptors (Lipinski definition) is 1.